The molecule has 1 aliphatic heterocycles. The molecule has 0 aromatic heterocycles. The number of urea groups is 1. The lowest BCUT2D eigenvalue weighted by molar-refractivity contribution is -0.153. The van der Waals surface area contributed by atoms with E-state index in [4.69, 9.17) is 0 Å². The zero-order valence-corrected chi connectivity index (χ0v) is 19.0. The van der Waals surface area contributed by atoms with Crippen molar-refractivity contribution in [3.05, 3.63) is 114 Å². The summed E-state index contributed by atoms with van der Waals surface area (Å²) in [5.74, 6) is -1.82. The summed E-state index contributed by atoms with van der Waals surface area (Å²) in [5.41, 5.74) is 0.691. The van der Waals surface area contributed by atoms with Crippen LogP contribution < -0.4 is 0 Å². The molecule has 1 saturated heterocycles. The number of hydrogen-bond acceptors (Lipinski definition) is 4. The average molecular weight is 453 g/mol. The number of amides is 4. The van der Waals surface area contributed by atoms with Crippen molar-refractivity contribution in [3.8, 4) is 0 Å². The standard InChI is InChI=1S/C28H24N2O4/c1-29-25(32)28(26(33)30(2)27(29)34,19-24(31)22-16-10-5-11-17-22)18-23(20-12-6-3-7-13-20)21-14-8-4-9-15-21/h3-18H,19H2,1-2H3. The van der Waals surface area contributed by atoms with Gasteiger partial charge in [0.15, 0.2) is 11.2 Å². The molecule has 0 atom stereocenters. The third-order valence-corrected chi connectivity index (χ3v) is 6.04. The van der Waals surface area contributed by atoms with Crippen molar-refractivity contribution < 1.29 is 19.2 Å². The number of carbonyl (C=O) groups is 4. The van der Waals surface area contributed by atoms with Crippen LogP contribution in [0.15, 0.2) is 97.1 Å². The van der Waals surface area contributed by atoms with E-state index in [1.165, 1.54) is 14.1 Å². The summed E-state index contributed by atoms with van der Waals surface area (Å²) in [6.45, 7) is 0. The van der Waals surface area contributed by atoms with Crippen molar-refractivity contribution in [2.45, 2.75) is 6.42 Å². The Balaban J connectivity index is 1.95. The molecular formula is C28H24N2O4. The first-order valence-electron chi connectivity index (χ1n) is 10.9. The lowest BCUT2D eigenvalue weighted by Gasteiger charge is -2.40. The van der Waals surface area contributed by atoms with E-state index in [-0.39, 0.29) is 5.78 Å². The van der Waals surface area contributed by atoms with Crippen LogP contribution >= 0.6 is 0 Å². The molecule has 6 heteroatoms. The maximum absolute atomic E-state index is 13.6. The highest BCUT2D eigenvalue weighted by atomic mass is 16.2. The Morgan fingerprint density at radius 2 is 1.06 bits per heavy atom. The van der Waals surface area contributed by atoms with Crippen molar-refractivity contribution in [3.63, 3.8) is 0 Å². The summed E-state index contributed by atoms with van der Waals surface area (Å²) >= 11 is 0. The van der Waals surface area contributed by atoms with Gasteiger partial charge in [-0.15, -0.1) is 0 Å². The van der Waals surface area contributed by atoms with Crippen LogP contribution in [0.5, 0.6) is 0 Å². The minimum Gasteiger partial charge on any atom is -0.294 e. The Morgan fingerprint density at radius 3 is 1.47 bits per heavy atom. The highest BCUT2D eigenvalue weighted by Gasteiger charge is 2.55. The highest BCUT2D eigenvalue weighted by Crippen LogP contribution is 2.39. The van der Waals surface area contributed by atoms with Gasteiger partial charge in [0.25, 0.3) is 0 Å². The average Bonchev–Trinajstić information content (AvgIpc) is 2.89. The first-order chi connectivity index (χ1) is 16.3. The van der Waals surface area contributed by atoms with Crippen LogP contribution in [0.2, 0.25) is 0 Å². The number of ketones is 1. The normalized spacial score (nSPS) is 15.3. The molecule has 0 aliphatic carbocycles. The van der Waals surface area contributed by atoms with Gasteiger partial charge in [0.1, 0.15) is 0 Å². The first kappa shape index (κ1) is 22.9. The first-order valence-corrected chi connectivity index (χ1v) is 10.9. The van der Waals surface area contributed by atoms with Gasteiger partial charge in [-0.25, -0.2) is 4.79 Å². The molecule has 0 bridgehead atoms. The van der Waals surface area contributed by atoms with Crippen molar-refractivity contribution in [1.29, 1.82) is 0 Å². The molecule has 3 aromatic carbocycles. The monoisotopic (exact) mass is 452 g/mol. The molecule has 0 spiro atoms. The smallest absolute Gasteiger partial charge is 0.294 e. The molecular weight excluding hydrogens is 428 g/mol. The zero-order valence-electron chi connectivity index (χ0n) is 19.0. The predicted molar refractivity (Wildman–Crippen MR) is 129 cm³/mol. The Kier molecular flexibility index (Phi) is 6.23. The van der Waals surface area contributed by atoms with Crippen molar-refractivity contribution in [2.24, 2.45) is 5.41 Å². The van der Waals surface area contributed by atoms with Gasteiger partial charge in [-0.05, 0) is 16.7 Å². The van der Waals surface area contributed by atoms with E-state index in [9.17, 15) is 19.2 Å². The SMILES string of the molecule is CN1C(=O)N(C)C(=O)C(C=C(c2ccccc2)c2ccccc2)(CC(=O)c2ccccc2)C1=O. The van der Waals surface area contributed by atoms with Crippen molar-refractivity contribution in [2.75, 3.05) is 14.1 Å². The molecule has 4 rings (SSSR count). The number of barbiturate groups is 1. The second-order valence-electron chi connectivity index (χ2n) is 8.24. The van der Waals surface area contributed by atoms with E-state index in [0.717, 1.165) is 20.9 Å². The van der Waals surface area contributed by atoms with Gasteiger partial charge in [0.2, 0.25) is 11.8 Å². The van der Waals surface area contributed by atoms with Crippen molar-refractivity contribution in [1.82, 2.24) is 9.80 Å². The lowest BCUT2D eigenvalue weighted by Crippen LogP contribution is -2.63. The molecule has 0 saturated carbocycles. The molecule has 0 unspecified atom stereocenters. The van der Waals surface area contributed by atoms with Crippen LogP contribution in [0.25, 0.3) is 5.57 Å². The fourth-order valence-corrected chi connectivity index (χ4v) is 4.21. The maximum Gasteiger partial charge on any atom is 0.332 e. The Labute approximate surface area is 198 Å². The van der Waals surface area contributed by atoms with Crippen LogP contribution in [-0.4, -0.2) is 47.5 Å². The second kappa shape index (κ2) is 9.27. The van der Waals surface area contributed by atoms with Crippen molar-refractivity contribution >= 4 is 29.2 Å². The second-order valence-corrected chi connectivity index (χ2v) is 8.24. The van der Waals surface area contributed by atoms with E-state index in [1.807, 2.05) is 60.7 Å². The number of Topliss-reactive ketones (excluding diaryl/α,β-unsaturated/α-hetero) is 1. The molecule has 1 heterocycles. The summed E-state index contributed by atoms with van der Waals surface area (Å²) in [6.07, 6.45) is 1.16. The molecule has 0 N–H and O–H groups in total. The molecule has 3 aromatic rings. The molecule has 0 radical (unpaired) electrons. The minimum absolute atomic E-state index is 0.366. The number of nitrogens with zero attached hydrogens (tertiary/aromatic N) is 2. The number of hydrogen-bond donors (Lipinski definition) is 0. The zero-order chi connectivity index (χ0) is 24.3. The van der Waals surface area contributed by atoms with Crippen LogP contribution in [-0.2, 0) is 9.59 Å². The van der Waals surface area contributed by atoms with E-state index < -0.39 is 29.7 Å². The fraction of sp³-hybridized carbons (Fsp3) is 0.143. The molecule has 6 nitrogen and oxygen atoms in total. The number of rotatable bonds is 6. The van der Waals surface area contributed by atoms with Gasteiger partial charge >= 0.3 is 6.03 Å². The summed E-state index contributed by atoms with van der Waals surface area (Å²) in [6, 6.07) is 26.5. The van der Waals surface area contributed by atoms with Crippen LogP contribution in [0, 0.1) is 5.41 Å². The lowest BCUT2D eigenvalue weighted by atomic mass is 9.74. The Morgan fingerprint density at radius 1 is 0.676 bits per heavy atom. The van der Waals surface area contributed by atoms with Gasteiger partial charge in [-0.1, -0.05) is 97.1 Å². The Hall–Kier alpha value is -4.32. The van der Waals surface area contributed by atoms with Gasteiger partial charge in [-0.3, -0.25) is 24.2 Å². The molecule has 1 fully saturated rings. The molecule has 34 heavy (non-hydrogen) atoms. The third kappa shape index (κ3) is 4.06. The quantitative estimate of drug-likeness (QED) is 0.410. The van der Waals surface area contributed by atoms with Crippen LogP contribution in [0.1, 0.15) is 27.9 Å². The van der Waals surface area contributed by atoms with E-state index in [2.05, 4.69) is 0 Å². The van der Waals surface area contributed by atoms with Gasteiger partial charge in [0.05, 0.1) is 0 Å². The largest absolute Gasteiger partial charge is 0.332 e. The number of imide groups is 2. The Bertz CT molecular complexity index is 1200. The summed E-state index contributed by atoms with van der Waals surface area (Å²) in [4.78, 5) is 54.9. The van der Waals surface area contributed by atoms with Crippen LogP contribution in [0.3, 0.4) is 0 Å². The maximum atomic E-state index is 13.6. The topological polar surface area (TPSA) is 74.8 Å². The highest BCUT2D eigenvalue weighted by molar-refractivity contribution is 6.23. The molecule has 170 valence electrons. The fourth-order valence-electron chi connectivity index (χ4n) is 4.21. The summed E-state index contributed by atoms with van der Waals surface area (Å²) in [7, 11) is 2.65. The number of carbonyl (C=O) groups excluding carboxylic acids is 4. The van der Waals surface area contributed by atoms with Gasteiger partial charge < -0.3 is 0 Å². The third-order valence-electron chi connectivity index (χ3n) is 6.04. The van der Waals surface area contributed by atoms with E-state index in [0.29, 0.717) is 11.1 Å². The van der Waals surface area contributed by atoms with Gasteiger partial charge in [-0.2, -0.15) is 0 Å². The predicted octanol–water partition coefficient (Wildman–Crippen LogP) is 4.43. The van der Waals surface area contributed by atoms with E-state index >= 15 is 0 Å². The minimum atomic E-state index is -1.88. The number of benzene rings is 3. The van der Waals surface area contributed by atoms with E-state index in [1.54, 1.807) is 36.4 Å². The summed E-state index contributed by atoms with van der Waals surface area (Å²) < 4.78 is 0. The molecule has 4 amide bonds. The van der Waals surface area contributed by atoms with Crippen LogP contribution in [0.4, 0.5) is 4.79 Å². The molecule has 1 aliphatic rings. The summed E-state index contributed by atoms with van der Waals surface area (Å²) in [5, 5.41) is 0. The van der Waals surface area contributed by atoms with Gasteiger partial charge in [0, 0.05) is 26.1 Å².